The average molecular weight is 378 g/mol. The van der Waals surface area contributed by atoms with E-state index in [-0.39, 0.29) is 29.9 Å². The number of benzene rings is 2. The lowest BCUT2D eigenvalue weighted by Gasteiger charge is -2.17. The summed E-state index contributed by atoms with van der Waals surface area (Å²) >= 11 is 0. The van der Waals surface area contributed by atoms with Gasteiger partial charge in [-0.3, -0.25) is 9.59 Å². The summed E-state index contributed by atoms with van der Waals surface area (Å²) in [6.07, 6.45) is 1.71. The van der Waals surface area contributed by atoms with E-state index in [4.69, 9.17) is 9.47 Å². The molecule has 0 radical (unpaired) electrons. The molecule has 2 amide bonds. The van der Waals surface area contributed by atoms with Crippen LogP contribution in [0.1, 0.15) is 28.8 Å². The minimum Gasteiger partial charge on any atom is -0.454 e. The predicted molar refractivity (Wildman–Crippen MR) is 103 cm³/mol. The number of hydrogen-bond acceptors (Lipinski definition) is 4. The summed E-state index contributed by atoms with van der Waals surface area (Å²) < 4.78 is 10.7. The van der Waals surface area contributed by atoms with Crippen LogP contribution in [0.2, 0.25) is 0 Å². The molecule has 144 valence electrons. The minimum absolute atomic E-state index is 0.0171. The highest BCUT2D eigenvalue weighted by atomic mass is 16.7. The van der Waals surface area contributed by atoms with E-state index in [2.05, 4.69) is 5.32 Å². The molecule has 1 aliphatic carbocycles. The Labute approximate surface area is 163 Å². The monoisotopic (exact) mass is 378 g/mol. The number of amides is 2. The van der Waals surface area contributed by atoms with Crippen LogP contribution in [0.15, 0.2) is 42.5 Å². The molecule has 28 heavy (non-hydrogen) atoms. The largest absolute Gasteiger partial charge is 0.454 e. The molecule has 6 nitrogen and oxygen atoms in total. The van der Waals surface area contributed by atoms with Crippen molar-refractivity contribution in [2.45, 2.75) is 19.8 Å². The number of nitrogens with zero attached hydrogens (tertiary/aromatic N) is 1. The highest BCUT2D eigenvalue weighted by molar-refractivity contribution is 5.97. The Balaban J connectivity index is 1.22. The lowest BCUT2D eigenvalue weighted by atomic mass is 10.0. The summed E-state index contributed by atoms with van der Waals surface area (Å²) in [5.74, 6) is 1.37. The third kappa shape index (κ3) is 2.89. The number of ether oxygens (including phenoxy) is 2. The molecule has 2 fully saturated rings. The van der Waals surface area contributed by atoms with E-state index in [9.17, 15) is 9.59 Å². The van der Waals surface area contributed by atoms with Crippen LogP contribution in [0.25, 0.3) is 0 Å². The lowest BCUT2D eigenvalue weighted by Crippen LogP contribution is -2.29. The smallest absolute Gasteiger partial charge is 0.253 e. The molecule has 0 aromatic heterocycles. The summed E-state index contributed by atoms with van der Waals surface area (Å²) in [4.78, 5) is 27.4. The first-order valence-corrected chi connectivity index (χ1v) is 9.61. The van der Waals surface area contributed by atoms with Crippen LogP contribution in [0.3, 0.4) is 0 Å². The Morgan fingerprint density at radius 3 is 2.71 bits per heavy atom. The second kappa shape index (κ2) is 6.26. The van der Waals surface area contributed by atoms with Gasteiger partial charge in [0.15, 0.2) is 11.5 Å². The first-order chi connectivity index (χ1) is 13.5. The molecular weight excluding hydrogens is 356 g/mol. The van der Waals surface area contributed by atoms with Gasteiger partial charge < -0.3 is 19.7 Å². The minimum atomic E-state index is -0.0687. The molecule has 1 spiro atoms. The number of nitrogens with one attached hydrogen (secondary N) is 1. The van der Waals surface area contributed by atoms with Crippen molar-refractivity contribution in [3.63, 3.8) is 0 Å². The maximum Gasteiger partial charge on any atom is 0.253 e. The van der Waals surface area contributed by atoms with Crippen LogP contribution < -0.4 is 14.8 Å². The van der Waals surface area contributed by atoms with Crippen molar-refractivity contribution in [2.24, 2.45) is 11.3 Å². The quantitative estimate of drug-likeness (QED) is 0.891. The zero-order valence-electron chi connectivity index (χ0n) is 15.7. The fourth-order valence-electron chi connectivity index (χ4n) is 4.32. The Morgan fingerprint density at radius 2 is 1.89 bits per heavy atom. The van der Waals surface area contributed by atoms with E-state index in [1.54, 1.807) is 12.1 Å². The number of hydrogen-bond donors (Lipinski definition) is 1. The van der Waals surface area contributed by atoms with Crippen molar-refractivity contribution in [2.75, 3.05) is 25.2 Å². The van der Waals surface area contributed by atoms with Gasteiger partial charge in [0, 0.05) is 41.7 Å². The van der Waals surface area contributed by atoms with Crippen molar-refractivity contribution in [3.8, 4) is 11.5 Å². The zero-order chi connectivity index (χ0) is 19.3. The van der Waals surface area contributed by atoms with Gasteiger partial charge in [-0.25, -0.2) is 0 Å². The molecule has 1 N–H and O–H groups in total. The topological polar surface area (TPSA) is 67.9 Å². The summed E-state index contributed by atoms with van der Waals surface area (Å²) in [6, 6.07) is 13.1. The van der Waals surface area contributed by atoms with E-state index in [0.29, 0.717) is 35.8 Å². The van der Waals surface area contributed by atoms with Crippen LogP contribution in [0, 0.1) is 18.3 Å². The first kappa shape index (κ1) is 17.1. The summed E-state index contributed by atoms with van der Waals surface area (Å²) in [6.45, 7) is 3.58. The molecule has 2 heterocycles. The molecule has 6 heteroatoms. The average Bonchev–Trinajstić information content (AvgIpc) is 3.02. The number of rotatable bonds is 3. The second-order valence-corrected chi connectivity index (χ2v) is 8.02. The molecule has 2 aromatic carbocycles. The number of likely N-dealkylation sites (tertiary alicyclic amines) is 1. The van der Waals surface area contributed by atoms with Gasteiger partial charge in [-0.2, -0.15) is 0 Å². The van der Waals surface area contributed by atoms with Crippen LogP contribution in [0.5, 0.6) is 11.5 Å². The van der Waals surface area contributed by atoms with Gasteiger partial charge in [-0.15, -0.1) is 0 Å². The van der Waals surface area contributed by atoms with Gasteiger partial charge in [-0.05, 0) is 44.0 Å². The molecular formula is C22H22N2O4. The number of carbonyl (C=O) groups excluding carboxylic acids is 2. The molecule has 2 aliphatic heterocycles. The molecule has 2 aromatic rings. The molecule has 2 atom stereocenters. The van der Waals surface area contributed by atoms with Crippen LogP contribution in [-0.2, 0) is 4.79 Å². The SMILES string of the molecule is Cc1ccc(C(=O)N2CCC3(CC3C(=O)Nc3ccc4c(c3)OCO4)C2)cc1. The van der Waals surface area contributed by atoms with E-state index in [1.165, 1.54) is 0 Å². The van der Waals surface area contributed by atoms with E-state index < -0.39 is 0 Å². The number of aryl methyl sites for hydroxylation is 1. The summed E-state index contributed by atoms with van der Waals surface area (Å²) in [5, 5.41) is 2.99. The predicted octanol–water partition coefficient (Wildman–Crippen LogP) is 3.21. The first-order valence-electron chi connectivity index (χ1n) is 9.61. The van der Waals surface area contributed by atoms with Gasteiger partial charge in [0.05, 0.1) is 0 Å². The fourth-order valence-corrected chi connectivity index (χ4v) is 4.32. The van der Waals surface area contributed by atoms with E-state index >= 15 is 0 Å². The maximum absolute atomic E-state index is 12.7. The number of fused-ring (bicyclic) bond motifs is 1. The summed E-state index contributed by atoms with van der Waals surface area (Å²) in [5.41, 5.74) is 2.49. The van der Waals surface area contributed by atoms with Gasteiger partial charge in [-0.1, -0.05) is 17.7 Å². The molecule has 2 unspecified atom stereocenters. The molecule has 1 saturated heterocycles. The Hall–Kier alpha value is -3.02. The van der Waals surface area contributed by atoms with Crippen LogP contribution in [0.4, 0.5) is 5.69 Å². The van der Waals surface area contributed by atoms with Crippen LogP contribution in [-0.4, -0.2) is 36.6 Å². The highest BCUT2D eigenvalue weighted by Gasteiger charge is 2.61. The van der Waals surface area contributed by atoms with Crippen molar-refractivity contribution >= 4 is 17.5 Å². The van der Waals surface area contributed by atoms with Gasteiger partial charge in [0.1, 0.15) is 0 Å². The Morgan fingerprint density at radius 1 is 1.11 bits per heavy atom. The normalized spacial score (nSPS) is 24.5. The third-order valence-electron chi connectivity index (χ3n) is 6.12. The number of anilines is 1. The van der Waals surface area contributed by atoms with Gasteiger partial charge >= 0.3 is 0 Å². The molecule has 1 saturated carbocycles. The Bertz CT molecular complexity index is 956. The lowest BCUT2D eigenvalue weighted by molar-refractivity contribution is -0.118. The number of carbonyl (C=O) groups is 2. The molecule has 5 rings (SSSR count). The standard InChI is InChI=1S/C22H22N2O4/c1-14-2-4-15(5-3-14)21(26)24-9-8-22(12-24)11-17(22)20(25)23-16-6-7-18-19(10-16)28-13-27-18/h2-7,10,17H,8-9,11-13H2,1H3,(H,23,25). The van der Waals surface area contributed by atoms with Gasteiger partial charge in [0.2, 0.25) is 12.7 Å². The van der Waals surface area contributed by atoms with Crippen molar-refractivity contribution < 1.29 is 19.1 Å². The van der Waals surface area contributed by atoms with Gasteiger partial charge in [0.25, 0.3) is 5.91 Å². The van der Waals surface area contributed by atoms with Crippen molar-refractivity contribution in [1.29, 1.82) is 0 Å². The zero-order valence-corrected chi connectivity index (χ0v) is 15.7. The van der Waals surface area contributed by atoms with Crippen molar-refractivity contribution in [1.82, 2.24) is 4.90 Å². The fraction of sp³-hybridized carbons (Fsp3) is 0.364. The van der Waals surface area contributed by atoms with E-state index in [0.717, 1.165) is 18.4 Å². The second-order valence-electron chi connectivity index (χ2n) is 8.02. The van der Waals surface area contributed by atoms with E-state index in [1.807, 2.05) is 42.2 Å². The maximum atomic E-state index is 12.7. The molecule has 0 bridgehead atoms. The highest BCUT2D eigenvalue weighted by Crippen LogP contribution is 2.59. The Kier molecular flexibility index (Phi) is 3.82. The van der Waals surface area contributed by atoms with Crippen molar-refractivity contribution in [3.05, 3.63) is 53.6 Å². The van der Waals surface area contributed by atoms with Crippen LogP contribution >= 0.6 is 0 Å². The molecule has 3 aliphatic rings. The third-order valence-corrected chi connectivity index (χ3v) is 6.12. The summed E-state index contributed by atoms with van der Waals surface area (Å²) in [7, 11) is 0.